The highest BCUT2D eigenvalue weighted by Gasteiger charge is 2.53. The van der Waals surface area contributed by atoms with Crippen molar-refractivity contribution < 1.29 is 19.5 Å². The van der Waals surface area contributed by atoms with Crippen molar-refractivity contribution in [2.24, 2.45) is 0 Å². The van der Waals surface area contributed by atoms with E-state index in [1.807, 2.05) is 27.7 Å². The quantitative estimate of drug-likeness (QED) is 0.808. The fraction of sp³-hybridized carbons (Fsp3) is 0.643. The second kappa shape index (κ2) is 5.02. The van der Waals surface area contributed by atoms with Crippen LogP contribution in [0.15, 0.2) is 12.4 Å². The molecule has 6 heteroatoms. The van der Waals surface area contributed by atoms with E-state index in [4.69, 9.17) is 9.31 Å². The van der Waals surface area contributed by atoms with Gasteiger partial charge in [-0.3, -0.25) is 4.98 Å². The fourth-order valence-corrected chi connectivity index (χ4v) is 2.22. The van der Waals surface area contributed by atoms with Crippen LogP contribution in [0.4, 0.5) is 0 Å². The number of pyridine rings is 1. The van der Waals surface area contributed by atoms with Crippen LogP contribution in [-0.2, 0) is 15.7 Å². The van der Waals surface area contributed by atoms with E-state index in [0.717, 1.165) is 5.56 Å². The predicted octanol–water partition coefficient (Wildman–Crippen LogP) is 1.01. The molecular weight excluding hydrogens is 257 g/mol. The third-order valence-corrected chi connectivity index (χ3v) is 4.05. The van der Waals surface area contributed by atoms with E-state index in [1.54, 1.807) is 13.1 Å². The Morgan fingerprint density at radius 3 is 2.25 bits per heavy atom. The molecule has 1 fully saturated rings. The topological polar surface area (TPSA) is 71.8 Å². The van der Waals surface area contributed by atoms with Crippen molar-refractivity contribution >= 4 is 12.6 Å². The largest absolute Gasteiger partial charge is 0.507 e. The summed E-state index contributed by atoms with van der Waals surface area (Å²) in [5, 5.41) is 19.7. The van der Waals surface area contributed by atoms with Gasteiger partial charge in [0.25, 0.3) is 0 Å². The minimum absolute atomic E-state index is 0.0293. The standard InChI is InChI=1S/C14H22BNO4/c1-9(17)6-10-7-16-8-11(18)12(10)15-19-13(2,3)14(4,5)20-15/h7-9,17-18H,6H2,1-5H3. The molecule has 0 aliphatic carbocycles. The zero-order chi connectivity index (χ0) is 15.1. The normalized spacial score (nSPS) is 22.0. The summed E-state index contributed by atoms with van der Waals surface area (Å²) in [5.41, 5.74) is 0.336. The van der Waals surface area contributed by atoms with Crippen LogP contribution in [-0.4, -0.2) is 39.6 Å². The smallest absolute Gasteiger partial charge is 0.499 e. The molecule has 0 aromatic carbocycles. The maximum absolute atomic E-state index is 10.1. The lowest BCUT2D eigenvalue weighted by Crippen LogP contribution is -2.41. The minimum atomic E-state index is -0.656. The van der Waals surface area contributed by atoms with E-state index in [0.29, 0.717) is 11.9 Å². The zero-order valence-electron chi connectivity index (χ0n) is 12.7. The highest BCUT2D eigenvalue weighted by atomic mass is 16.7. The number of nitrogens with zero attached hydrogens (tertiary/aromatic N) is 1. The zero-order valence-corrected chi connectivity index (χ0v) is 12.7. The molecule has 2 heterocycles. The second-order valence-electron chi connectivity index (χ2n) is 6.37. The van der Waals surface area contributed by atoms with E-state index in [1.165, 1.54) is 6.20 Å². The van der Waals surface area contributed by atoms with Gasteiger partial charge >= 0.3 is 7.12 Å². The van der Waals surface area contributed by atoms with E-state index >= 15 is 0 Å². The van der Waals surface area contributed by atoms with Crippen LogP contribution in [0.1, 0.15) is 40.2 Å². The molecule has 1 atom stereocenters. The van der Waals surface area contributed by atoms with Crippen molar-refractivity contribution in [1.29, 1.82) is 0 Å². The monoisotopic (exact) mass is 279 g/mol. The van der Waals surface area contributed by atoms with Crippen molar-refractivity contribution in [2.75, 3.05) is 0 Å². The van der Waals surface area contributed by atoms with Gasteiger partial charge in [0.15, 0.2) is 0 Å². The molecule has 1 aliphatic heterocycles. The Hall–Kier alpha value is -1.11. The van der Waals surface area contributed by atoms with Gasteiger partial charge in [0.2, 0.25) is 0 Å². The molecule has 0 bridgehead atoms. The lowest BCUT2D eigenvalue weighted by Gasteiger charge is -2.32. The van der Waals surface area contributed by atoms with E-state index in [-0.39, 0.29) is 5.75 Å². The summed E-state index contributed by atoms with van der Waals surface area (Å²) in [5.74, 6) is 0.0293. The van der Waals surface area contributed by atoms with Crippen LogP contribution in [0.3, 0.4) is 0 Å². The average Bonchev–Trinajstić information content (AvgIpc) is 2.46. The van der Waals surface area contributed by atoms with Crippen molar-refractivity contribution in [3.05, 3.63) is 18.0 Å². The Bertz CT molecular complexity index is 486. The molecule has 5 nitrogen and oxygen atoms in total. The van der Waals surface area contributed by atoms with Gasteiger partial charge in [-0.15, -0.1) is 0 Å². The number of hydrogen-bond donors (Lipinski definition) is 2. The molecular formula is C14H22BNO4. The fourth-order valence-electron chi connectivity index (χ4n) is 2.22. The van der Waals surface area contributed by atoms with Crippen LogP contribution in [0, 0.1) is 0 Å². The summed E-state index contributed by atoms with van der Waals surface area (Å²) in [7, 11) is -0.656. The third-order valence-electron chi connectivity index (χ3n) is 4.05. The van der Waals surface area contributed by atoms with Gasteiger partial charge in [0.05, 0.1) is 23.5 Å². The summed E-state index contributed by atoms with van der Waals surface area (Å²) in [6.45, 7) is 9.52. The highest BCUT2D eigenvalue weighted by molar-refractivity contribution is 6.63. The molecule has 0 spiro atoms. The van der Waals surface area contributed by atoms with Gasteiger partial charge in [0, 0.05) is 11.7 Å². The van der Waals surface area contributed by atoms with Gasteiger partial charge in [0.1, 0.15) is 5.75 Å². The van der Waals surface area contributed by atoms with Crippen LogP contribution >= 0.6 is 0 Å². The van der Waals surface area contributed by atoms with Crippen LogP contribution in [0.25, 0.3) is 0 Å². The van der Waals surface area contributed by atoms with Gasteiger partial charge in [-0.05, 0) is 46.6 Å². The highest BCUT2D eigenvalue weighted by Crippen LogP contribution is 2.37. The Morgan fingerprint density at radius 2 is 1.75 bits per heavy atom. The Kier molecular flexibility index (Phi) is 3.84. The molecule has 0 saturated carbocycles. The molecule has 1 saturated heterocycles. The van der Waals surface area contributed by atoms with Gasteiger partial charge in [-0.2, -0.15) is 0 Å². The molecule has 0 radical (unpaired) electrons. The number of aromatic hydroxyl groups is 1. The predicted molar refractivity (Wildman–Crippen MR) is 77.0 cm³/mol. The van der Waals surface area contributed by atoms with E-state index in [9.17, 15) is 10.2 Å². The molecule has 1 aliphatic rings. The molecule has 0 amide bonds. The summed E-state index contributed by atoms with van der Waals surface area (Å²) >= 11 is 0. The number of aromatic nitrogens is 1. The van der Waals surface area contributed by atoms with E-state index in [2.05, 4.69) is 4.98 Å². The lowest BCUT2D eigenvalue weighted by atomic mass is 9.75. The first-order chi connectivity index (χ1) is 9.14. The Morgan fingerprint density at radius 1 is 1.20 bits per heavy atom. The maximum Gasteiger partial charge on any atom is 0.499 e. The van der Waals surface area contributed by atoms with Crippen LogP contribution < -0.4 is 5.46 Å². The number of rotatable bonds is 3. The first-order valence-corrected chi connectivity index (χ1v) is 6.83. The first kappa shape index (κ1) is 15.3. The van der Waals surface area contributed by atoms with Crippen molar-refractivity contribution in [2.45, 2.75) is 58.3 Å². The summed E-state index contributed by atoms with van der Waals surface area (Å²) in [4.78, 5) is 3.97. The van der Waals surface area contributed by atoms with Crippen LogP contribution in [0.2, 0.25) is 0 Å². The van der Waals surface area contributed by atoms with Crippen molar-refractivity contribution in [3.63, 3.8) is 0 Å². The van der Waals surface area contributed by atoms with Crippen molar-refractivity contribution in [1.82, 2.24) is 4.98 Å². The summed E-state index contributed by atoms with van der Waals surface area (Å²) < 4.78 is 11.9. The minimum Gasteiger partial charge on any atom is -0.507 e. The molecule has 1 aromatic rings. The lowest BCUT2D eigenvalue weighted by molar-refractivity contribution is 0.00578. The Labute approximate surface area is 120 Å². The number of aliphatic hydroxyl groups is 1. The molecule has 1 aromatic heterocycles. The van der Waals surface area contributed by atoms with Crippen molar-refractivity contribution in [3.8, 4) is 5.75 Å². The van der Waals surface area contributed by atoms with Gasteiger partial charge in [-0.1, -0.05) is 0 Å². The molecule has 1 unspecified atom stereocenters. The third kappa shape index (κ3) is 2.68. The van der Waals surface area contributed by atoms with E-state index < -0.39 is 24.4 Å². The number of aliphatic hydroxyl groups excluding tert-OH is 1. The molecule has 20 heavy (non-hydrogen) atoms. The Balaban J connectivity index is 2.39. The second-order valence-corrected chi connectivity index (χ2v) is 6.37. The molecule has 110 valence electrons. The van der Waals surface area contributed by atoms with Crippen LogP contribution in [0.5, 0.6) is 5.75 Å². The average molecular weight is 279 g/mol. The maximum atomic E-state index is 10.1. The first-order valence-electron chi connectivity index (χ1n) is 6.83. The van der Waals surface area contributed by atoms with Gasteiger partial charge < -0.3 is 19.5 Å². The molecule has 2 rings (SSSR count). The van der Waals surface area contributed by atoms with Gasteiger partial charge in [-0.25, -0.2) is 0 Å². The number of hydrogen-bond acceptors (Lipinski definition) is 5. The molecule has 2 N–H and O–H groups in total. The summed E-state index contributed by atoms with van der Waals surface area (Å²) in [6.07, 6.45) is 2.86. The summed E-state index contributed by atoms with van der Waals surface area (Å²) in [6, 6.07) is 0. The SMILES string of the molecule is CC(O)Cc1cncc(O)c1B1OC(C)(C)C(C)(C)O1.